The second-order valence-electron chi connectivity index (χ2n) is 7.40. The highest BCUT2D eigenvalue weighted by Crippen LogP contribution is 2.43. The van der Waals surface area contributed by atoms with Crippen molar-refractivity contribution in [3.05, 3.63) is 47.2 Å². The summed E-state index contributed by atoms with van der Waals surface area (Å²) in [5.41, 5.74) is 3.65. The molecule has 2 aromatic heterocycles. The summed E-state index contributed by atoms with van der Waals surface area (Å²) in [4.78, 5) is 20.3. The summed E-state index contributed by atoms with van der Waals surface area (Å²) >= 11 is 6.40. The summed E-state index contributed by atoms with van der Waals surface area (Å²) in [5.74, 6) is 0.675. The van der Waals surface area contributed by atoms with Gasteiger partial charge in [-0.25, -0.2) is 4.98 Å². The van der Waals surface area contributed by atoms with Gasteiger partial charge in [-0.2, -0.15) is 0 Å². The van der Waals surface area contributed by atoms with E-state index >= 15 is 0 Å². The van der Waals surface area contributed by atoms with Crippen LogP contribution < -0.4 is 15.4 Å². The lowest BCUT2D eigenvalue weighted by molar-refractivity contribution is -0.128. The Morgan fingerprint density at radius 2 is 2.21 bits per heavy atom. The van der Waals surface area contributed by atoms with Crippen LogP contribution in [0.5, 0.6) is 5.75 Å². The number of aromatic nitrogens is 2. The van der Waals surface area contributed by atoms with Gasteiger partial charge < -0.3 is 20.4 Å². The van der Waals surface area contributed by atoms with Crippen LogP contribution in [0.3, 0.4) is 0 Å². The summed E-state index contributed by atoms with van der Waals surface area (Å²) in [5, 5.41) is 8.07. The third kappa shape index (κ3) is 3.12. The number of ether oxygens (including phenoxy) is 1. The molecule has 2 aliphatic rings. The predicted octanol–water partition coefficient (Wildman–Crippen LogP) is 3.06. The maximum atomic E-state index is 12.8. The predicted molar refractivity (Wildman–Crippen MR) is 109 cm³/mol. The number of halogens is 1. The van der Waals surface area contributed by atoms with Crippen molar-refractivity contribution in [2.75, 3.05) is 13.1 Å². The highest BCUT2D eigenvalue weighted by molar-refractivity contribution is 6.31. The molecule has 0 aliphatic carbocycles. The van der Waals surface area contributed by atoms with Crippen molar-refractivity contribution >= 4 is 28.5 Å². The lowest BCUT2D eigenvalue weighted by atomic mass is 9.99. The van der Waals surface area contributed by atoms with Crippen molar-refractivity contribution in [2.24, 2.45) is 0 Å². The van der Waals surface area contributed by atoms with Crippen molar-refractivity contribution in [3.8, 4) is 16.9 Å². The van der Waals surface area contributed by atoms with Crippen LogP contribution in [0.15, 0.2) is 36.7 Å². The van der Waals surface area contributed by atoms with Gasteiger partial charge in [-0.1, -0.05) is 11.6 Å². The molecule has 144 valence electrons. The molecule has 2 atom stereocenters. The minimum absolute atomic E-state index is 0.0616. The Hall–Kier alpha value is -2.57. The highest BCUT2D eigenvalue weighted by atomic mass is 35.5. The zero-order valence-corrected chi connectivity index (χ0v) is 16.1. The average Bonchev–Trinajstić information content (AvgIpc) is 3.34. The fourth-order valence-corrected chi connectivity index (χ4v) is 4.38. The van der Waals surface area contributed by atoms with E-state index in [1.165, 1.54) is 0 Å². The van der Waals surface area contributed by atoms with E-state index in [0.717, 1.165) is 59.4 Å². The van der Waals surface area contributed by atoms with E-state index < -0.39 is 6.10 Å². The third-order valence-corrected chi connectivity index (χ3v) is 5.70. The van der Waals surface area contributed by atoms with Gasteiger partial charge in [0.25, 0.3) is 5.91 Å². The fourth-order valence-electron chi connectivity index (χ4n) is 4.14. The normalized spacial score (nSPS) is 21.3. The van der Waals surface area contributed by atoms with Crippen LogP contribution in [0.25, 0.3) is 22.2 Å². The van der Waals surface area contributed by atoms with Gasteiger partial charge in [0.1, 0.15) is 11.4 Å². The topological polar surface area (TPSA) is 79.0 Å². The minimum Gasteiger partial charge on any atom is -0.479 e. The van der Waals surface area contributed by atoms with Crippen LogP contribution in [0, 0.1) is 0 Å². The zero-order chi connectivity index (χ0) is 19.1. The van der Waals surface area contributed by atoms with Crippen LogP contribution >= 0.6 is 11.6 Å². The number of pyridine rings is 1. The summed E-state index contributed by atoms with van der Waals surface area (Å²) in [6, 6.07) is 7.89. The van der Waals surface area contributed by atoms with Gasteiger partial charge in [-0.05, 0) is 49.2 Å². The van der Waals surface area contributed by atoms with Crippen molar-refractivity contribution in [1.29, 1.82) is 0 Å². The Kier molecular flexibility index (Phi) is 4.45. The quantitative estimate of drug-likeness (QED) is 0.635. The minimum atomic E-state index is -0.530. The Morgan fingerprint density at radius 3 is 3.07 bits per heavy atom. The van der Waals surface area contributed by atoms with Crippen molar-refractivity contribution in [2.45, 2.75) is 31.4 Å². The van der Waals surface area contributed by atoms with Gasteiger partial charge in [-0.3, -0.25) is 4.79 Å². The number of nitrogens with zero attached hydrogens (tertiary/aromatic N) is 1. The Bertz CT molecular complexity index is 1040. The molecular weight excluding hydrogens is 376 g/mol. The van der Waals surface area contributed by atoms with Crippen LogP contribution in [-0.2, 0) is 11.2 Å². The van der Waals surface area contributed by atoms with Gasteiger partial charge in [0, 0.05) is 52.9 Å². The zero-order valence-electron chi connectivity index (χ0n) is 15.3. The van der Waals surface area contributed by atoms with Gasteiger partial charge in [-0.15, -0.1) is 0 Å². The number of amides is 1. The number of aromatic amines is 1. The summed E-state index contributed by atoms with van der Waals surface area (Å²) < 4.78 is 6.15. The Balaban J connectivity index is 1.45. The maximum absolute atomic E-state index is 12.8. The summed E-state index contributed by atoms with van der Waals surface area (Å²) in [7, 11) is 0. The number of carbonyl (C=O) groups excluding carboxylic acids is 1. The smallest absolute Gasteiger partial charge is 0.261 e. The summed E-state index contributed by atoms with van der Waals surface area (Å²) in [6.45, 7) is 1.82. The first kappa shape index (κ1) is 17.5. The molecule has 6 nitrogen and oxygen atoms in total. The molecule has 1 fully saturated rings. The van der Waals surface area contributed by atoms with Crippen molar-refractivity contribution in [3.63, 3.8) is 0 Å². The molecule has 0 bridgehead atoms. The molecule has 0 saturated carbocycles. The first-order valence-electron chi connectivity index (χ1n) is 9.61. The Labute approximate surface area is 167 Å². The second-order valence-corrected chi connectivity index (χ2v) is 7.84. The van der Waals surface area contributed by atoms with Crippen LogP contribution in [0.2, 0.25) is 5.02 Å². The third-order valence-electron chi connectivity index (χ3n) is 5.48. The van der Waals surface area contributed by atoms with Gasteiger partial charge in [0.05, 0.1) is 0 Å². The number of fused-ring (bicyclic) bond motifs is 2. The molecule has 3 aromatic rings. The van der Waals surface area contributed by atoms with E-state index in [1.54, 1.807) is 6.20 Å². The lowest BCUT2D eigenvalue weighted by Crippen LogP contribution is -2.49. The van der Waals surface area contributed by atoms with E-state index in [1.807, 2.05) is 30.5 Å². The number of piperidine rings is 1. The molecule has 5 rings (SSSR count). The SMILES string of the molecule is O=C(N[C@@H]1CCCNC1)C1Cc2cc(Cl)cc(-c3ccnc4[nH]ccc34)c2O1. The van der Waals surface area contributed by atoms with Crippen molar-refractivity contribution in [1.82, 2.24) is 20.6 Å². The van der Waals surface area contributed by atoms with Crippen molar-refractivity contribution < 1.29 is 9.53 Å². The monoisotopic (exact) mass is 396 g/mol. The van der Waals surface area contributed by atoms with Crippen LogP contribution in [-0.4, -0.2) is 41.1 Å². The Morgan fingerprint density at radius 1 is 1.29 bits per heavy atom. The number of benzene rings is 1. The molecule has 1 aromatic carbocycles. The largest absolute Gasteiger partial charge is 0.479 e. The fraction of sp³-hybridized carbons (Fsp3) is 0.333. The molecule has 0 spiro atoms. The molecule has 3 N–H and O–H groups in total. The van der Waals surface area contributed by atoms with Gasteiger partial charge in [0.15, 0.2) is 6.10 Å². The lowest BCUT2D eigenvalue weighted by Gasteiger charge is -2.25. The molecule has 4 heterocycles. The molecule has 2 aliphatic heterocycles. The number of hydrogen-bond acceptors (Lipinski definition) is 4. The molecule has 28 heavy (non-hydrogen) atoms. The number of H-pyrrole nitrogens is 1. The molecular formula is C21H21ClN4O2. The maximum Gasteiger partial charge on any atom is 0.261 e. The molecule has 1 saturated heterocycles. The molecule has 1 amide bonds. The number of nitrogens with one attached hydrogen (secondary N) is 3. The number of hydrogen-bond donors (Lipinski definition) is 3. The number of rotatable bonds is 3. The van der Waals surface area contributed by atoms with E-state index in [-0.39, 0.29) is 11.9 Å². The second kappa shape index (κ2) is 7.11. The highest BCUT2D eigenvalue weighted by Gasteiger charge is 2.33. The van der Waals surface area contributed by atoms with Crippen LogP contribution in [0.4, 0.5) is 0 Å². The molecule has 0 radical (unpaired) electrons. The van der Waals surface area contributed by atoms with E-state index in [4.69, 9.17) is 16.3 Å². The van der Waals surface area contributed by atoms with E-state index in [2.05, 4.69) is 20.6 Å². The molecule has 1 unspecified atom stereocenters. The van der Waals surface area contributed by atoms with Gasteiger partial charge >= 0.3 is 0 Å². The number of carbonyl (C=O) groups is 1. The average molecular weight is 397 g/mol. The van der Waals surface area contributed by atoms with Crippen LogP contribution in [0.1, 0.15) is 18.4 Å². The summed E-state index contributed by atoms with van der Waals surface area (Å²) in [6.07, 6.45) is 5.69. The standard InChI is InChI=1S/C21H21ClN4O2/c22-13-8-12-9-18(21(27)26-14-2-1-5-23-11-14)28-19(12)17(10-13)15-3-6-24-20-16(15)4-7-25-20/h3-4,6-8,10,14,18,23H,1-2,5,9,11H2,(H,24,25)(H,26,27)/t14-,18?/m1/s1. The van der Waals surface area contributed by atoms with Gasteiger partial charge in [0.2, 0.25) is 0 Å². The van der Waals surface area contributed by atoms with E-state index in [0.29, 0.717) is 11.4 Å². The first-order valence-corrected chi connectivity index (χ1v) is 9.99. The van der Waals surface area contributed by atoms with E-state index in [9.17, 15) is 4.79 Å². The molecule has 7 heteroatoms. The first-order chi connectivity index (χ1) is 13.7.